The monoisotopic (exact) mass is 417 g/mol. The first-order valence-electron chi connectivity index (χ1n) is 9.95. The third-order valence-electron chi connectivity index (χ3n) is 5.24. The van der Waals surface area contributed by atoms with Crippen molar-refractivity contribution in [3.8, 4) is 17.1 Å². The zero-order valence-electron chi connectivity index (χ0n) is 16.6. The van der Waals surface area contributed by atoms with Crippen LogP contribution in [0.5, 0.6) is 5.88 Å². The van der Waals surface area contributed by atoms with Crippen molar-refractivity contribution in [2.45, 2.75) is 19.1 Å². The van der Waals surface area contributed by atoms with Gasteiger partial charge in [-0.05, 0) is 35.9 Å². The van der Waals surface area contributed by atoms with Crippen LogP contribution in [0.2, 0.25) is 0 Å². The number of rotatable bonds is 5. The summed E-state index contributed by atoms with van der Waals surface area (Å²) in [4.78, 5) is 18.2. The molecule has 0 spiro atoms. The van der Waals surface area contributed by atoms with Crippen LogP contribution in [-0.4, -0.2) is 33.1 Å². The van der Waals surface area contributed by atoms with E-state index < -0.39 is 0 Å². The summed E-state index contributed by atoms with van der Waals surface area (Å²) < 4.78 is 20.8. The number of aromatic nitrogens is 3. The second-order valence-electron chi connectivity index (χ2n) is 7.52. The van der Waals surface area contributed by atoms with Gasteiger partial charge in [0, 0.05) is 36.3 Å². The van der Waals surface area contributed by atoms with E-state index in [1.165, 1.54) is 12.1 Å². The molecule has 1 amide bonds. The van der Waals surface area contributed by atoms with Crippen molar-refractivity contribution in [3.05, 3.63) is 78.2 Å². The summed E-state index contributed by atoms with van der Waals surface area (Å²) in [6.07, 6.45) is 2.11. The number of nitrogens with zero attached hydrogens (tertiary/aromatic N) is 4. The van der Waals surface area contributed by atoms with Gasteiger partial charge in [-0.15, -0.1) is 5.10 Å². The van der Waals surface area contributed by atoms with Gasteiger partial charge < -0.3 is 15.4 Å². The smallest absolute Gasteiger partial charge is 0.232 e. The van der Waals surface area contributed by atoms with E-state index >= 15 is 0 Å². The van der Waals surface area contributed by atoms with Crippen LogP contribution < -0.4 is 15.4 Å². The van der Waals surface area contributed by atoms with Gasteiger partial charge in [-0.1, -0.05) is 24.3 Å². The van der Waals surface area contributed by atoms with Gasteiger partial charge >= 0.3 is 0 Å². The maximum atomic E-state index is 13.4. The summed E-state index contributed by atoms with van der Waals surface area (Å²) in [7, 11) is 0. The van der Waals surface area contributed by atoms with Crippen LogP contribution >= 0.6 is 0 Å². The minimum Gasteiger partial charge on any atom is -0.472 e. The summed E-state index contributed by atoms with van der Waals surface area (Å²) >= 11 is 0. The third-order valence-corrected chi connectivity index (χ3v) is 5.24. The number of imidazole rings is 1. The Morgan fingerprint density at radius 2 is 1.97 bits per heavy atom. The first-order chi connectivity index (χ1) is 15.1. The minimum atomic E-state index is -0.303. The molecule has 2 aromatic carbocycles. The molecule has 2 N–H and O–H groups in total. The lowest BCUT2D eigenvalue weighted by atomic mass is 10.1. The Morgan fingerprint density at radius 3 is 2.71 bits per heavy atom. The molecule has 0 radical (unpaired) electrons. The van der Waals surface area contributed by atoms with Crippen LogP contribution in [0.3, 0.4) is 0 Å². The fourth-order valence-corrected chi connectivity index (χ4v) is 3.71. The fourth-order valence-electron chi connectivity index (χ4n) is 3.71. The summed E-state index contributed by atoms with van der Waals surface area (Å²) in [5, 5.41) is 4.53. The number of fused-ring (bicyclic) bond motifs is 1. The van der Waals surface area contributed by atoms with Gasteiger partial charge in [0.25, 0.3) is 0 Å². The van der Waals surface area contributed by atoms with E-state index in [-0.39, 0.29) is 24.4 Å². The van der Waals surface area contributed by atoms with Gasteiger partial charge in [0.2, 0.25) is 11.8 Å². The van der Waals surface area contributed by atoms with Crippen molar-refractivity contribution in [3.63, 3.8) is 0 Å². The number of amides is 1. The third kappa shape index (κ3) is 3.85. The highest BCUT2D eigenvalue weighted by Crippen LogP contribution is 2.26. The fraction of sp³-hybridized carbons (Fsp3) is 0.174. The molecule has 1 atom stereocenters. The van der Waals surface area contributed by atoms with E-state index in [9.17, 15) is 9.18 Å². The molecule has 1 aliphatic rings. The van der Waals surface area contributed by atoms with E-state index in [0.29, 0.717) is 24.5 Å². The molecule has 5 rings (SSSR count). The summed E-state index contributed by atoms with van der Waals surface area (Å²) in [6, 6.07) is 17.3. The molecule has 2 aromatic heterocycles. The lowest BCUT2D eigenvalue weighted by Gasteiger charge is -2.16. The predicted octanol–water partition coefficient (Wildman–Crippen LogP) is 3.18. The standard InChI is InChI=1S/C23H20FN5O2/c24-17-3-1-2-15(10-17)14-31-22-9-8-21-26-12-20(29(21)27-22)16-4-6-19(7-5-16)28-13-18(25)11-23(28)30/h1-10,12,18H,11,13-14,25H2/t18-/m0/s1. The largest absolute Gasteiger partial charge is 0.472 e. The Morgan fingerprint density at radius 1 is 1.13 bits per heavy atom. The molecule has 0 unspecified atom stereocenters. The zero-order chi connectivity index (χ0) is 21.4. The average Bonchev–Trinajstić information content (AvgIpc) is 3.34. The molecule has 156 valence electrons. The molecule has 31 heavy (non-hydrogen) atoms. The molecule has 7 nitrogen and oxygen atoms in total. The number of nitrogens with two attached hydrogens (primary N) is 1. The second-order valence-corrected chi connectivity index (χ2v) is 7.52. The number of benzene rings is 2. The van der Waals surface area contributed by atoms with Crippen LogP contribution in [-0.2, 0) is 11.4 Å². The van der Waals surface area contributed by atoms with Crippen LogP contribution in [0, 0.1) is 5.82 Å². The Kier molecular flexibility index (Phi) is 4.83. The Hall–Kier alpha value is -3.78. The van der Waals surface area contributed by atoms with Gasteiger partial charge in [-0.2, -0.15) is 0 Å². The normalized spacial score (nSPS) is 16.3. The first-order valence-corrected chi connectivity index (χ1v) is 9.95. The van der Waals surface area contributed by atoms with Crippen molar-refractivity contribution in [1.29, 1.82) is 0 Å². The molecule has 1 saturated heterocycles. The van der Waals surface area contributed by atoms with Gasteiger partial charge in [0.05, 0.1) is 11.9 Å². The van der Waals surface area contributed by atoms with E-state index in [1.807, 2.05) is 30.3 Å². The molecule has 1 aliphatic heterocycles. The van der Waals surface area contributed by atoms with Gasteiger partial charge in [-0.25, -0.2) is 13.9 Å². The highest BCUT2D eigenvalue weighted by Gasteiger charge is 2.27. The maximum Gasteiger partial charge on any atom is 0.232 e. The molecule has 0 saturated carbocycles. The number of carbonyl (C=O) groups is 1. The molecule has 0 aliphatic carbocycles. The molecule has 4 aromatic rings. The average molecular weight is 417 g/mol. The molecule has 1 fully saturated rings. The first kappa shape index (κ1) is 19.2. The molecule has 0 bridgehead atoms. The highest BCUT2D eigenvalue weighted by molar-refractivity contribution is 5.96. The SMILES string of the molecule is N[C@H]1CC(=O)N(c2ccc(-c3cnc4ccc(OCc5cccc(F)c5)nn34)cc2)C1. The van der Waals surface area contributed by atoms with E-state index in [2.05, 4.69) is 10.1 Å². The highest BCUT2D eigenvalue weighted by atomic mass is 19.1. The van der Waals surface area contributed by atoms with Gasteiger partial charge in [0.15, 0.2) is 5.65 Å². The topological polar surface area (TPSA) is 85.8 Å². The number of hydrogen-bond acceptors (Lipinski definition) is 5. The van der Waals surface area contributed by atoms with E-state index in [0.717, 1.165) is 22.5 Å². The molecule has 8 heteroatoms. The van der Waals surface area contributed by atoms with Crippen molar-refractivity contribution in [2.75, 3.05) is 11.4 Å². The van der Waals surface area contributed by atoms with Crippen LogP contribution in [0.25, 0.3) is 16.9 Å². The van der Waals surface area contributed by atoms with Gasteiger partial charge in [-0.3, -0.25) is 4.79 Å². The number of carbonyl (C=O) groups excluding carboxylic acids is 1. The Balaban J connectivity index is 1.38. The number of anilines is 1. The quantitative estimate of drug-likeness (QED) is 0.539. The zero-order valence-corrected chi connectivity index (χ0v) is 16.6. The number of halogens is 1. The minimum absolute atomic E-state index is 0.0387. The second kappa shape index (κ2) is 7.81. The predicted molar refractivity (Wildman–Crippen MR) is 114 cm³/mol. The Labute approximate surface area is 177 Å². The number of ether oxygens (including phenoxy) is 1. The van der Waals surface area contributed by atoms with Gasteiger partial charge in [0.1, 0.15) is 12.4 Å². The van der Waals surface area contributed by atoms with E-state index in [4.69, 9.17) is 10.5 Å². The number of hydrogen-bond donors (Lipinski definition) is 1. The molecular weight excluding hydrogens is 397 g/mol. The summed E-state index contributed by atoms with van der Waals surface area (Å²) in [6.45, 7) is 0.738. The summed E-state index contributed by atoms with van der Waals surface area (Å²) in [5.41, 5.74) is 9.81. The van der Waals surface area contributed by atoms with Crippen LogP contribution in [0.1, 0.15) is 12.0 Å². The van der Waals surface area contributed by atoms with Crippen molar-refractivity contribution >= 4 is 17.2 Å². The van der Waals surface area contributed by atoms with Crippen molar-refractivity contribution < 1.29 is 13.9 Å². The van der Waals surface area contributed by atoms with Crippen LogP contribution in [0.15, 0.2) is 66.9 Å². The lowest BCUT2D eigenvalue weighted by Crippen LogP contribution is -2.27. The molecular formula is C23H20FN5O2. The molecule has 3 heterocycles. The van der Waals surface area contributed by atoms with Crippen LogP contribution in [0.4, 0.5) is 10.1 Å². The van der Waals surface area contributed by atoms with Crippen molar-refractivity contribution in [1.82, 2.24) is 14.6 Å². The Bertz CT molecular complexity index is 1250. The maximum absolute atomic E-state index is 13.4. The van der Waals surface area contributed by atoms with E-state index in [1.54, 1.807) is 33.8 Å². The lowest BCUT2D eigenvalue weighted by molar-refractivity contribution is -0.117. The summed E-state index contributed by atoms with van der Waals surface area (Å²) in [5.74, 6) is 0.142. The van der Waals surface area contributed by atoms with Crippen molar-refractivity contribution in [2.24, 2.45) is 5.73 Å².